The summed E-state index contributed by atoms with van der Waals surface area (Å²) in [7, 11) is -3.56. The predicted octanol–water partition coefficient (Wildman–Crippen LogP) is 2.40. The van der Waals surface area contributed by atoms with Crippen LogP contribution in [-0.2, 0) is 10.0 Å². The molecule has 0 radical (unpaired) electrons. The van der Waals surface area contributed by atoms with Crippen LogP contribution in [0.2, 0.25) is 0 Å². The van der Waals surface area contributed by atoms with E-state index in [4.69, 9.17) is 5.11 Å². The van der Waals surface area contributed by atoms with Crippen molar-refractivity contribution in [3.05, 3.63) is 17.0 Å². The van der Waals surface area contributed by atoms with Crippen molar-refractivity contribution in [2.24, 2.45) is 0 Å². The molecule has 1 aliphatic carbocycles. The summed E-state index contributed by atoms with van der Waals surface area (Å²) in [6, 6.07) is 2.80. The molecule has 19 heavy (non-hydrogen) atoms. The number of rotatable bonds is 5. The molecule has 5 nitrogen and oxygen atoms in total. The van der Waals surface area contributed by atoms with Crippen LogP contribution in [-0.4, -0.2) is 36.4 Å². The fourth-order valence-electron chi connectivity index (χ4n) is 2.51. The van der Waals surface area contributed by atoms with Crippen molar-refractivity contribution < 1.29 is 18.3 Å². The van der Waals surface area contributed by atoms with Gasteiger partial charge >= 0.3 is 5.97 Å². The van der Waals surface area contributed by atoms with Gasteiger partial charge in [0.1, 0.15) is 9.09 Å². The van der Waals surface area contributed by atoms with Crippen LogP contribution in [0, 0.1) is 0 Å². The molecule has 7 heteroatoms. The first-order valence-electron chi connectivity index (χ1n) is 6.31. The monoisotopic (exact) mass is 303 g/mol. The Labute approximate surface area is 116 Å². The van der Waals surface area contributed by atoms with Gasteiger partial charge in [-0.05, 0) is 25.0 Å². The fraction of sp³-hybridized carbons (Fsp3) is 0.583. The molecule has 1 N–H and O–H groups in total. The van der Waals surface area contributed by atoms with Crippen LogP contribution < -0.4 is 0 Å². The van der Waals surface area contributed by atoms with Crippen LogP contribution >= 0.6 is 11.3 Å². The molecule has 0 spiro atoms. The van der Waals surface area contributed by atoms with Crippen molar-refractivity contribution in [2.75, 3.05) is 6.54 Å². The molecule has 0 bridgehead atoms. The number of carboxylic acid groups (broad SMARTS) is 1. The Morgan fingerprint density at radius 2 is 2.05 bits per heavy atom. The number of carboxylic acids is 1. The van der Waals surface area contributed by atoms with E-state index < -0.39 is 16.0 Å². The second-order valence-corrected chi connectivity index (χ2v) is 7.77. The largest absolute Gasteiger partial charge is 0.477 e. The summed E-state index contributed by atoms with van der Waals surface area (Å²) in [5.41, 5.74) is 0. The molecular formula is C12H17NO4S2. The maximum absolute atomic E-state index is 12.5. The van der Waals surface area contributed by atoms with Crippen LogP contribution in [0.15, 0.2) is 16.3 Å². The van der Waals surface area contributed by atoms with Crippen molar-refractivity contribution in [3.8, 4) is 0 Å². The van der Waals surface area contributed by atoms with Gasteiger partial charge in [-0.15, -0.1) is 11.3 Å². The Morgan fingerprint density at radius 1 is 1.42 bits per heavy atom. The van der Waals surface area contributed by atoms with E-state index in [1.54, 1.807) is 0 Å². The van der Waals surface area contributed by atoms with E-state index in [2.05, 4.69) is 0 Å². The molecular weight excluding hydrogens is 286 g/mol. The molecule has 106 valence electrons. The second-order valence-electron chi connectivity index (χ2n) is 4.57. The summed E-state index contributed by atoms with van der Waals surface area (Å²) in [5, 5.41) is 8.87. The van der Waals surface area contributed by atoms with Crippen molar-refractivity contribution in [1.29, 1.82) is 0 Å². The van der Waals surface area contributed by atoms with E-state index in [1.807, 2.05) is 6.92 Å². The lowest BCUT2D eigenvalue weighted by atomic mass is 10.2. The molecule has 0 amide bonds. The maximum atomic E-state index is 12.5. The second kappa shape index (κ2) is 5.60. The number of hydrogen-bond donors (Lipinski definition) is 1. The van der Waals surface area contributed by atoms with E-state index in [-0.39, 0.29) is 15.1 Å². The quantitative estimate of drug-likeness (QED) is 0.906. The van der Waals surface area contributed by atoms with E-state index in [0.717, 1.165) is 37.0 Å². The Hall–Kier alpha value is -0.920. The maximum Gasteiger partial charge on any atom is 0.345 e. The molecule has 0 saturated heterocycles. The average Bonchev–Trinajstić information content (AvgIpc) is 3.00. The topological polar surface area (TPSA) is 74.7 Å². The molecule has 1 aromatic rings. The Bertz CT molecular complexity index is 558. The van der Waals surface area contributed by atoms with Gasteiger partial charge < -0.3 is 5.11 Å². The van der Waals surface area contributed by atoms with Crippen molar-refractivity contribution in [1.82, 2.24) is 4.31 Å². The lowest BCUT2D eigenvalue weighted by molar-refractivity contribution is 0.0702. The van der Waals surface area contributed by atoms with E-state index in [9.17, 15) is 13.2 Å². The first-order valence-corrected chi connectivity index (χ1v) is 8.57. The smallest absolute Gasteiger partial charge is 0.345 e. The summed E-state index contributed by atoms with van der Waals surface area (Å²) in [6.45, 7) is 2.24. The van der Waals surface area contributed by atoms with E-state index in [0.29, 0.717) is 6.54 Å². The first kappa shape index (κ1) is 14.5. The summed E-state index contributed by atoms with van der Waals surface area (Å²) < 4.78 is 26.7. The normalized spacial score (nSPS) is 17.2. The lowest BCUT2D eigenvalue weighted by Crippen LogP contribution is -2.38. The molecule has 1 heterocycles. The molecule has 0 aromatic carbocycles. The standard InChI is InChI=1S/C12H17NO4S2/c1-2-13(9-5-3-4-6-9)19(16,17)11-8-7-10(18-11)12(14)15/h7-9H,2-6H2,1H3,(H,14,15). The summed E-state index contributed by atoms with van der Waals surface area (Å²) in [5.74, 6) is -1.09. The lowest BCUT2D eigenvalue weighted by Gasteiger charge is -2.25. The summed E-state index contributed by atoms with van der Waals surface area (Å²) in [6.07, 6.45) is 3.90. The highest BCUT2D eigenvalue weighted by atomic mass is 32.2. The number of thiophene rings is 1. The number of aromatic carboxylic acids is 1. The van der Waals surface area contributed by atoms with Crippen molar-refractivity contribution in [3.63, 3.8) is 0 Å². The van der Waals surface area contributed by atoms with Gasteiger partial charge in [0.2, 0.25) is 0 Å². The highest BCUT2D eigenvalue weighted by Crippen LogP contribution is 2.31. The summed E-state index contributed by atoms with van der Waals surface area (Å²) in [4.78, 5) is 10.9. The van der Waals surface area contributed by atoms with Gasteiger partial charge in [0.05, 0.1) is 0 Å². The average molecular weight is 303 g/mol. The number of nitrogens with zero attached hydrogens (tertiary/aromatic N) is 1. The molecule has 2 rings (SSSR count). The minimum atomic E-state index is -3.56. The van der Waals surface area contributed by atoms with Crippen LogP contribution in [0.3, 0.4) is 0 Å². The zero-order chi connectivity index (χ0) is 14.0. The van der Waals surface area contributed by atoms with Crippen LogP contribution in [0.4, 0.5) is 0 Å². The zero-order valence-electron chi connectivity index (χ0n) is 10.7. The van der Waals surface area contributed by atoms with Crippen molar-refractivity contribution in [2.45, 2.75) is 42.9 Å². The summed E-state index contributed by atoms with van der Waals surface area (Å²) >= 11 is 0.821. The number of hydrogen-bond acceptors (Lipinski definition) is 4. The fourth-order valence-corrected chi connectivity index (χ4v) is 5.47. The van der Waals surface area contributed by atoms with Gasteiger partial charge in [-0.1, -0.05) is 19.8 Å². The van der Waals surface area contributed by atoms with E-state index >= 15 is 0 Å². The van der Waals surface area contributed by atoms with Gasteiger partial charge in [-0.3, -0.25) is 0 Å². The Morgan fingerprint density at radius 3 is 2.53 bits per heavy atom. The van der Waals surface area contributed by atoms with Crippen LogP contribution in [0.1, 0.15) is 42.3 Å². The van der Waals surface area contributed by atoms with Crippen LogP contribution in [0.5, 0.6) is 0 Å². The molecule has 1 fully saturated rings. The third-order valence-electron chi connectivity index (χ3n) is 3.40. The molecule has 0 atom stereocenters. The first-order chi connectivity index (χ1) is 8.96. The van der Waals surface area contributed by atoms with Crippen LogP contribution in [0.25, 0.3) is 0 Å². The molecule has 0 unspecified atom stereocenters. The third-order valence-corrected chi connectivity index (χ3v) is 6.97. The van der Waals surface area contributed by atoms with Crippen molar-refractivity contribution >= 4 is 27.3 Å². The molecule has 1 saturated carbocycles. The Kier molecular flexibility index (Phi) is 4.27. The highest BCUT2D eigenvalue weighted by molar-refractivity contribution is 7.91. The molecule has 0 aliphatic heterocycles. The van der Waals surface area contributed by atoms with Gasteiger partial charge in [-0.25, -0.2) is 13.2 Å². The van der Waals surface area contributed by atoms with Gasteiger partial charge in [0, 0.05) is 12.6 Å². The number of carbonyl (C=O) groups is 1. The minimum Gasteiger partial charge on any atom is -0.477 e. The zero-order valence-corrected chi connectivity index (χ0v) is 12.3. The van der Waals surface area contributed by atoms with Gasteiger partial charge in [0.15, 0.2) is 0 Å². The Balaban J connectivity index is 2.30. The SMILES string of the molecule is CCN(C1CCCC1)S(=O)(=O)c1ccc(C(=O)O)s1. The molecule has 1 aromatic heterocycles. The highest BCUT2D eigenvalue weighted by Gasteiger charge is 2.33. The molecule has 1 aliphatic rings. The van der Waals surface area contributed by atoms with Gasteiger partial charge in [-0.2, -0.15) is 4.31 Å². The minimum absolute atomic E-state index is 0.0565. The number of sulfonamides is 1. The predicted molar refractivity (Wildman–Crippen MR) is 73.1 cm³/mol. The van der Waals surface area contributed by atoms with E-state index in [1.165, 1.54) is 16.4 Å². The third kappa shape index (κ3) is 2.82. The van der Waals surface area contributed by atoms with Gasteiger partial charge in [0.25, 0.3) is 10.0 Å².